The van der Waals surface area contributed by atoms with Crippen molar-refractivity contribution in [3.63, 3.8) is 0 Å². The molecule has 148 valence electrons. The van der Waals surface area contributed by atoms with Gasteiger partial charge in [0.15, 0.2) is 0 Å². The Bertz CT molecular complexity index is 849. The summed E-state index contributed by atoms with van der Waals surface area (Å²) in [7, 11) is 0. The Hall–Kier alpha value is -2.67. The molecule has 1 unspecified atom stereocenters. The average Bonchev–Trinajstić information content (AvgIpc) is 3.01. The maximum Gasteiger partial charge on any atom is 0.242 e. The highest BCUT2D eigenvalue weighted by Gasteiger charge is 2.26. The lowest BCUT2D eigenvalue weighted by Gasteiger charge is -2.29. The molecule has 1 aromatic heterocycles. The molecule has 1 saturated heterocycles. The minimum Gasteiger partial charge on any atom is -0.382 e. The fourth-order valence-electron chi connectivity index (χ4n) is 3.93. The van der Waals surface area contributed by atoms with E-state index in [9.17, 15) is 14.7 Å². The molecule has 2 aliphatic heterocycles. The van der Waals surface area contributed by atoms with Gasteiger partial charge < -0.3 is 14.9 Å². The van der Waals surface area contributed by atoms with Gasteiger partial charge in [-0.2, -0.15) is 5.10 Å². The van der Waals surface area contributed by atoms with Crippen molar-refractivity contribution in [3.8, 4) is 0 Å². The molecule has 4 rings (SSSR count). The fourth-order valence-corrected chi connectivity index (χ4v) is 3.93. The lowest BCUT2D eigenvalue weighted by Crippen LogP contribution is -2.44. The second-order valence-electron chi connectivity index (χ2n) is 7.54. The highest BCUT2D eigenvalue weighted by Crippen LogP contribution is 2.23. The first-order valence-corrected chi connectivity index (χ1v) is 9.97. The zero-order chi connectivity index (χ0) is 19.5. The van der Waals surface area contributed by atoms with Crippen molar-refractivity contribution in [1.82, 2.24) is 19.6 Å². The third kappa shape index (κ3) is 3.94. The number of piperidine rings is 1. The van der Waals surface area contributed by atoms with Gasteiger partial charge in [0, 0.05) is 26.1 Å². The monoisotopic (exact) mass is 382 g/mol. The number of aryl methyl sites for hydroxylation is 1. The summed E-state index contributed by atoms with van der Waals surface area (Å²) in [6.07, 6.45) is 2.44. The van der Waals surface area contributed by atoms with E-state index in [0.29, 0.717) is 38.3 Å². The summed E-state index contributed by atoms with van der Waals surface area (Å²) < 4.78 is 1.89. The normalized spacial score (nSPS) is 18.5. The number of nitrogens with zero attached hydrogens (tertiary/aromatic N) is 4. The topological polar surface area (TPSA) is 78.7 Å². The molecule has 0 spiro atoms. The van der Waals surface area contributed by atoms with Gasteiger partial charge in [-0.15, -0.1) is 0 Å². The molecular formula is C21H26N4O3. The summed E-state index contributed by atoms with van der Waals surface area (Å²) in [4.78, 5) is 28.3. The van der Waals surface area contributed by atoms with Crippen LogP contribution in [0, 0.1) is 0 Å². The average molecular weight is 382 g/mol. The maximum atomic E-state index is 12.8. The van der Waals surface area contributed by atoms with Crippen molar-refractivity contribution in [2.24, 2.45) is 0 Å². The number of benzene rings is 1. The van der Waals surface area contributed by atoms with E-state index < -0.39 is 6.10 Å². The van der Waals surface area contributed by atoms with E-state index in [1.807, 2.05) is 41.1 Å². The highest BCUT2D eigenvalue weighted by molar-refractivity contribution is 5.85. The summed E-state index contributed by atoms with van der Waals surface area (Å²) in [5.41, 5.74) is 2.31. The minimum atomic E-state index is -0.782. The van der Waals surface area contributed by atoms with Crippen LogP contribution in [0.4, 0.5) is 0 Å². The number of fused-ring (bicyclic) bond motifs is 1. The van der Waals surface area contributed by atoms with Gasteiger partial charge in [-0.3, -0.25) is 14.3 Å². The van der Waals surface area contributed by atoms with Crippen LogP contribution in [0.2, 0.25) is 0 Å². The number of likely N-dealkylation sites (tertiary alicyclic amines) is 1. The van der Waals surface area contributed by atoms with Crippen molar-refractivity contribution in [2.75, 3.05) is 19.6 Å². The first kappa shape index (κ1) is 18.7. The standard InChI is InChI=1S/C21H26N4O3/c26-19-9-4-5-10-24(19)15-20(27)23-11-6-12-25-17(14-23)13-18(22-25)21(28)16-7-2-1-3-8-16/h1-3,7-8,13,21,28H,4-6,9-12,14-15H2. The molecule has 2 aromatic rings. The maximum absolute atomic E-state index is 12.8. The van der Waals surface area contributed by atoms with Crippen LogP contribution in [-0.4, -0.2) is 56.1 Å². The highest BCUT2D eigenvalue weighted by atomic mass is 16.3. The molecule has 0 aliphatic carbocycles. The largest absolute Gasteiger partial charge is 0.382 e. The van der Waals surface area contributed by atoms with Crippen LogP contribution in [0.1, 0.15) is 48.7 Å². The Labute approximate surface area is 164 Å². The molecule has 1 N–H and O–H groups in total. The molecule has 0 bridgehead atoms. The second kappa shape index (κ2) is 8.14. The van der Waals surface area contributed by atoms with Crippen molar-refractivity contribution < 1.29 is 14.7 Å². The summed E-state index contributed by atoms with van der Waals surface area (Å²) in [5, 5.41) is 15.2. The van der Waals surface area contributed by atoms with Gasteiger partial charge in [-0.05, 0) is 30.9 Å². The number of aromatic nitrogens is 2. The third-order valence-electron chi connectivity index (χ3n) is 5.53. The molecule has 2 amide bonds. The second-order valence-corrected chi connectivity index (χ2v) is 7.54. The van der Waals surface area contributed by atoms with E-state index >= 15 is 0 Å². The van der Waals surface area contributed by atoms with Crippen LogP contribution in [0.5, 0.6) is 0 Å². The van der Waals surface area contributed by atoms with Crippen molar-refractivity contribution in [1.29, 1.82) is 0 Å². The van der Waals surface area contributed by atoms with E-state index in [1.165, 1.54) is 0 Å². The molecule has 7 heteroatoms. The van der Waals surface area contributed by atoms with Crippen molar-refractivity contribution in [3.05, 3.63) is 53.3 Å². The smallest absolute Gasteiger partial charge is 0.242 e. The van der Waals surface area contributed by atoms with Crippen molar-refractivity contribution in [2.45, 2.75) is 44.9 Å². The van der Waals surface area contributed by atoms with Gasteiger partial charge >= 0.3 is 0 Å². The number of amides is 2. The van der Waals surface area contributed by atoms with Crippen LogP contribution < -0.4 is 0 Å². The first-order chi connectivity index (χ1) is 13.6. The molecule has 7 nitrogen and oxygen atoms in total. The lowest BCUT2D eigenvalue weighted by atomic mass is 10.1. The van der Waals surface area contributed by atoms with E-state index in [2.05, 4.69) is 5.10 Å². The molecule has 28 heavy (non-hydrogen) atoms. The number of aliphatic hydroxyl groups excluding tert-OH is 1. The van der Waals surface area contributed by atoms with Gasteiger partial charge in [0.1, 0.15) is 6.10 Å². The number of carbonyl (C=O) groups excluding carboxylic acids is 2. The summed E-state index contributed by atoms with van der Waals surface area (Å²) in [6.45, 7) is 2.65. The Balaban J connectivity index is 1.46. The van der Waals surface area contributed by atoms with Crippen LogP contribution in [0.15, 0.2) is 36.4 Å². The van der Waals surface area contributed by atoms with Gasteiger partial charge in [-0.25, -0.2) is 0 Å². The van der Waals surface area contributed by atoms with Crippen LogP contribution >= 0.6 is 0 Å². The van der Waals surface area contributed by atoms with Crippen LogP contribution in [-0.2, 0) is 22.7 Å². The van der Waals surface area contributed by atoms with E-state index in [0.717, 1.165) is 30.5 Å². The van der Waals surface area contributed by atoms with Gasteiger partial charge in [0.05, 0.1) is 24.5 Å². The Morgan fingerprint density at radius 2 is 1.93 bits per heavy atom. The number of hydrogen-bond donors (Lipinski definition) is 1. The summed E-state index contributed by atoms with van der Waals surface area (Å²) >= 11 is 0. The fraction of sp³-hybridized carbons (Fsp3) is 0.476. The van der Waals surface area contributed by atoms with E-state index in [1.54, 1.807) is 9.80 Å². The molecule has 1 aromatic carbocycles. The molecular weight excluding hydrogens is 356 g/mol. The molecule has 0 radical (unpaired) electrons. The molecule has 1 fully saturated rings. The lowest BCUT2D eigenvalue weighted by molar-refractivity contribution is -0.142. The SMILES string of the molecule is O=C1CCCCN1CC(=O)N1CCCn2nc(C(O)c3ccccc3)cc2C1. The van der Waals surface area contributed by atoms with Gasteiger partial charge in [0.25, 0.3) is 0 Å². The summed E-state index contributed by atoms with van der Waals surface area (Å²) in [6, 6.07) is 11.3. The van der Waals surface area contributed by atoms with Gasteiger partial charge in [0.2, 0.25) is 11.8 Å². The number of aliphatic hydroxyl groups is 1. The van der Waals surface area contributed by atoms with Crippen LogP contribution in [0.25, 0.3) is 0 Å². The summed E-state index contributed by atoms with van der Waals surface area (Å²) in [5.74, 6) is 0.0581. The Kier molecular flexibility index (Phi) is 5.43. The van der Waals surface area contributed by atoms with Gasteiger partial charge in [-0.1, -0.05) is 30.3 Å². The van der Waals surface area contributed by atoms with E-state index in [-0.39, 0.29) is 18.4 Å². The quantitative estimate of drug-likeness (QED) is 0.873. The number of carbonyl (C=O) groups is 2. The molecule has 3 heterocycles. The Morgan fingerprint density at radius 1 is 1.11 bits per heavy atom. The predicted octanol–water partition coefficient (Wildman–Crippen LogP) is 1.71. The zero-order valence-corrected chi connectivity index (χ0v) is 16.0. The molecule has 0 saturated carbocycles. The van der Waals surface area contributed by atoms with Crippen LogP contribution in [0.3, 0.4) is 0 Å². The number of hydrogen-bond acceptors (Lipinski definition) is 4. The molecule has 1 atom stereocenters. The number of rotatable bonds is 4. The van der Waals surface area contributed by atoms with E-state index in [4.69, 9.17) is 0 Å². The zero-order valence-electron chi connectivity index (χ0n) is 16.0. The third-order valence-corrected chi connectivity index (χ3v) is 5.53. The predicted molar refractivity (Wildman–Crippen MR) is 103 cm³/mol. The first-order valence-electron chi connectivity index (χ1n) is 9.97. The molecule has 2 aliphatic rings. The minimum absolute atomic E-state index is 0.0185. The Morgan fingerprint density at radius 3 is 2.71 bits per heavy atom. The van der Waals surface area contributed by atoms with Crippen molar-refractivity contribution >= 4 is 11.8 Å².